The van der Waals surface area contributed by atoms with Crippen molar-refractivity contribution in [3.63, 3.8) is 0 Å². The number of alkyl halides is 2. The molecule has 1 saturated heterocycles. The molecule has 164 valence electrons. The van der Waals surface area contributed by atoms with Crippen LogP contribution in [0.1, 0.15) is 33.6 Å². The van der Waals surface area contributed by atoms with Crippen molar-refractivity contribution >= 4 is 17.4 Å². The van der Waals surface area contributed by atoms with Gasteiger partial charge in [-0.2, -0.15) is 8.78 Å². The molecule has 0 radical (unpaired) electrons. The van der Waals surface area contributed by atoms with E-state index in [0.29, 0.717) is 18.4 Å². The molecule has 1 fully saturated rings. The number of likely N-dealkylation sites (tertiary alicyclic amines) is 1. The molecule has 0 spiro atoms. The normalized spacial score (nSPS) is 14.4. The van der Waals surface area contributed by atoms with Crippen LogP contribution in [-0.2, 0) is 0 Å². The van der Waals surface area contributed by atoms with Crippen LogP contribution in [0.5, 0.6) is 11.5 Å². The minimum absolute atomic E-state index is 0.00569. The third kappa shape index (κ3) is 4.96. The number of Topliss-reactive ketones (excluding diaryl/α,β-unsaturated/α-hetero) is 1. The molecule has 3 rings (SSSR count). The number of nitrogens with zero attached hydrogens (tertiary/aromatic N) is 2. The van der Waals surface area contributed by atoms with E-state index in [2.05, 4.69) is 4.74 Å². The molecule has 0 unspecified atom stereocenters. The Morgan fingerprint density at radius 2 is 1.77 bits per heavy atom. The van der Waals surface area contributed by atoms with E-state index < -0.39 is 28.9 Å². The lowest BCUT2D eigenvalue weighted by Crippen LogP contribution is -2.40. The Balaban J connectivity index is 1.78. The van der Waals surface area contributed by atoms with Gasteiger partial charge < -0.3 is 14.4 Å². The number of benzene rings is 2. The summed E-state index contributed by atoms with van der Waals surface area (Å²) in [4.78, 5) is 37.6. The fourth-order valence-electron chi connectivity index (χ4n) is 3.57. The van der Waals surface area contributed by atoms with Crippen LogP contribution in [0.4, 0.5) is 14.5 Å². The molecule has 0 atom stereocenters. The Morgan fingerprint density at radius 3 is 2.32 bits per heavy atom. The first-order valence-corrected chi connectivity index (χ1v) is 9.51. The highest BCUT2D eigenvalue weighted by Crippen LogP contribution is 2.36. The van der Waals surface area contributed by atoms with Crippen LogP contribution in [0.15, 0.2) is 42.5 Å². The van der Waals surface area contributed by atoms with E-state index in [1.165, 1.54) is 12.0 Å². The summed E-state index contributed by atoms with van der Waals surface area (Å²) in [6, 6.07) is 10.6. The van der Waals surface area contributed by atoms with Crippen LogP contribution in [0.25, 0.3) is 0 Å². The molecule has 1 amide bonds. The van der Waals surface area contributed by atoms with Crippen LogP contribution < -0.4 is 9.47 Å². The molecule has 0 bridgehead atoms. The number of carbonyl (C=O) groups is 2. The van der Waals surface area contributed by atoms with Crippen molar-refractivity contribution < 1.29 is 32.8 Å². The van der Waals surface area contributed by atoms with Gasteiger partial charge in [-0.25, -0.2) is 0 Å². The molecule has 2 aromatic carbocycles. The summed E-state index contributed by atoms with van der Waals surface area (Å²) in [5, 5.41) is 11.5. The molecule has 10 heteroatoms. The van der Waals surface area contributed by atoms with Gasteiger partial charge in [-0.1, -0.05) is 30.3 Å². The van der Waals surface area contributed by atoms with Gasteiger partial charge in [0.25, 0.3) is 11.6 Å². The maximum Gasteiger partial charge on any atom is 0.387 e. The zero-order valence-corrected chi connectivity index (χ0v) is 16.6. The Labute approximate surface area is 176 Å². The first-order chi connectivity index (χ1) is 14.8. The number of amides is 1. The number of piperidine rings is 1. The van der Waals surface area contributed by atoms with E-state index >= 15 is 0 Å². The number of nitro groups is 1. The molecule has 1 aliphatic heterocycles. The highest BCUT2D eigenvalue weighted by Gasteiger charge is 2.32. The zero-order valence-electron chi connectivity index (χ0n) is 16.6. The Kier molecular flexibility index (Phi) is 6.78. The number of ketones is 1. The monoisotopic (exact) mass is 434 g/mol. The third-order valence-corrected chi connectivity index (χ3v) is 5.14. The first kappa shape index (κ1) is 22.1. The predicted octanol–water partition coefficient (Wildman–Crippen LogP) is 3.94. The second-order valence-corrected chi connectivity index (χ2v) is 6.95. The quantitative estimate of drug-likeness (QED) is 0.372. The minimum atomic E-state index is -3.21. The highest BCUT2D eigenvalue weighted by atomic mass is 19.3. The first-order valence-electron chi connectivity index (χ1n) is 9.51. The second-order valence-electron chi connectivity index (χ2n) is 6.95. The molecule has 0 saturated carbocycles. The number of carbonyl (C=O) groups excluding carboxylic acids is 2. The predicted molar refractivity (Wildman–Crippen MR) is 106 cm³/mol. The largest absolute Gasteiger partial charge is 0.493 e. The van der Waals surface area contributed by atoms with E-state index in [1.807, 2.05) is 6.07 Å². The smallest absolute Gasteiger partial charge is 0.387 e. The van der Waals surface area contributed by atoms with Gasteiger partial charge in [-0.15, -0.1) is 0 Å². The fraction of sp³-hybridized carbons (Fsp3) is 0.333. The number of methoxy groups -OCH3 is 1. The van der Waals surface area contributed by atoms with Crippen molar-refractivity contribution in [1.82, 2.24) is 4.90 Å². The Morgan fingerprint density at radius 1 is 1.13 bits per heavy atom. The number of halogens is 2. The van der Waals surface area contributed by atoms with Gasteiger partial charge in [0, 0.05) is 30.6 Å². The number of ether oxygens (including phenoxy) is 2. The average molecular weight is 434 g/mol. The van der Waals surface area contributed by atoms with E-state index in [9.17, 15) is 28.5 Å². The Bertz CT molecular complexity index is 975. The summed E-state index contributed by atoms with van der Waals surface area (Å²) in [5.41, 5.74) is -0.359. The van der Waals surface area contributed by atoms with Gasteiger partial charge >= 0.3 is 6.61 Å². The van der Waals surface area contributed by atoms with Gasteiger partial charge in [0.1, 0.15) is 5.56 Å². The van der Waals surface area contributed by atoms with Crippen molar-refractivity contribution in [3.05, 3.63) is 63.7 Å². The van der Waals surface area contributed by atoms with Crippen molar-refractivity contribution in [2.24, 2.45) is 5.92 Å². The van der Waals surface area contributed by atoms with Gasteiger partial charge in [0.15, 0.2) is 17.3 Å². The lowest BCUT2D eigenvalue weighted by atomic mass is 9.88. The van der Waals surface area contributed by atoms with Crippen molar-refractivity contribution in [3.8, 4) is 11.5 Å². The molecule has 0 aromatic heterocycles. The number of rotatable bonds is 7. The van der Waals surface area contributed by atoms with E-state index in [0.717, 1.165) is 12.1 Å². The van der Waals surface area contributed by atoms with Crippen LogP contribution >= 0.6 is 0 Å². The maximum atomic E-state index is 13.0. The average Bonchev–Trinajstić information content (AvgIpc) is 2.78. The van der Waals surface area contributed by atoms with Gasteiger partial charge in [0.2, 0.25) is 0 Å². The van der Waals surface area contributed by atoms with Crippen molar-refractivity contribution in [2.75, 3.05) is 20.2 Å². The zero-order chi connectivity index (χ0) is 22.5. The van der Waals surface area contributed by atoms with Crippen LogP contribution in [-0.4, -0.2) is 48.3 Å². The summed E-state index contributed by atoms with van der Waals surface area (Å²) in [7, 11) is 1.18. The Hall–Kier alpha value is -3.56. The summed E-state index contributed by atoms with van der Waals surface area (Å²) in [6.07, 6.45) is 0.827. The summed E-state index contributed by atoms with van der Waals surface area (Å²) in [5.74, 6) is -1.65. The van der Waals surface area contributed by atoms with Crippen molar-refractivity contribution in [1.29, 1.82) is 0 Å². The third-order valence-electron chi connectivity index (χ3n) is 5.14. The summed E-state index contributed by atoms with van der Waals surface area (Å²) >= 11 is 0. The van der Waals surface area contributed by atoms with Crippen LogP contribution in [0, 0.1) is 16.0 Å². The minimum Gasteiger partial charge on any atom is -0.493 e. The van der Waals surface area contributed by atoms with Crippen LogP contribution in [0.2, 0.25) is 0 Å². The molecule has 1 heterocycles. The van der Waals surface area contributed by atoms with Gasteiger partial charge in [-0.05, 0) is 12.8 Å². The number of nitro benzene ring substituents is 1. The number of hydrogen-bond acceptors (Lipinski definition) is 6. The van der Waals surface area contributed by atoms with E-state index in [-0.39, 0.29) is 36.1 Å². The van der Waals surface area contributed by atoms with Crippen LogP contribution in [0.3, 0.4) is 0 Å². The topological polar surface area (TPSA) is 99.0 Å². The lowest BCUT2D eigenvalue weighted by molar-refractivity contribution is -0.385. The molecule has 0 aliphatic carbocycles. The maximum absolute atomic E-state index is 13.0. The molecule has 8 nitrogen and oxygen atoms in total. The molecule has 2 aromatic rings. The van der Waals surface area contributed by atoms with Gasteiger partial charge in [-0.3, -0.25) is 19.7 Å². The molecule has 0 N–H and O–H groups in total. The highest BCUT2D eigenvalue weighted by molar-refractivity contribution is 6.00. The summed E-state index contributed by atoms with van der Waals surface area (Å²) < 4.78 is 34.4. The molecular weight excluding hydrogens is 414 g/mol. The standard InChI is InChI=1S/C21H20F2N2O6/c1-30-17-11-15(16(25(28)29)12-18(17)31-21(22)23)20(27)24-9-7-14(8-10-24)19(26)13-5-3-2-4-6-13/h2-6,11-12,14,21H,7-10H2,1H3. The molecule has 1 aliphatic rings. The molecule has 31 heavy (non-hydrogen) atoms. The van der Waals surface area contributed by atoms with Gasteiger partial charge in [0.05, 0.1) is 18.1 Å². The van der Waals surface area contributed by atoms with E-state index in [1.54, 1.807) is 24.3 Å². The second kappa shape index (κ2) is 9.50. The number of hydrogen-bond donors (Lipinski definition) is 0. The fourth-order valence-corrected chi connectivity index (χ4v) is 3.57. The van der Waals surface area contributed by atoms with Crippen molar-refractivity contribution in [2.45, 2.75) is 19.5 Å². The lowest BCUT2D eigenvalue weighted by Gasteiger charge is -2.31. The summed E-state index contributed by atoms with van der Waals surface area (Å²) in [6.45, 7) is -2.75. The SMILES string of the molecule is COc1cc(C(=O)N2CCC(C(=O)c3ccccc3)CC2)c([N+](=O)[O-])cc1OC(F)F. The van der Waals surface area contributed by atoms with E-state index in [4.69, 9.17) is 4.74 Å². The molecular formula is C21H20F2N2O6.